The topological polar surface area (TPSA) is 75.6 Å². The van der Waals surface area contributed by atoms with Crippen molar-refractivity contribution in [1.82, 2.24) is 5.32 Å². The molecule has 174 valence electrons. The van der Waals surface area contributed by atoms with Crippen molar-refractivity contribution in [2.75, 3.05) is 6.61 Å². The fraction of sp³-hybridized carbons (Fsp3) is 0.133. The number of hydrogen-bond acceptors (Lipinski definition) is 3. The summed E-state index contributed by atoms with van der Waals surface area (Å²) in [5.74, 6) is -1.12. The molecule has 5 heteroatoms. The number of fused-ring (bicyclic) bond motifs is 3. The van der Waals surface area contributed by atoms with Crippen molar-refractivity contribution in [3.05, 3.63) is 131 Å². The Bertz CT molecular complexity index is 1270. The summed E-state index contributed by atoms with van der Waals surface area (Å²) in [4.78, 5) is 25.2. The molecule has 4 aromatic rings. The zero-order valence-electron chi connectivity index (χ0n) is 19.1. The van der Waals surface area contributed by atoms with Crippen molar-refractivity contribution in [3.63, 3.8) is 0 Å². The third-order valence-electron chi connectivity index (χ3n) is 6.61. The van der Waals surface area contributed by atoms with Crippen LogP contribution in [0.25, 0.3) is 11.1 Å². The van der Waals surface area contributed by atoms with E-state index in [1.165, 1.54) is 0 Å². The number of rotatable bonds is 7. The van der Waals surface area contributed by atoms with Crippen LogP contribution in [0.15, 0.2) is 109 Å². The number of amides is 1. The molecule has 1 amide bonds. The number of carboxylic acids is 1. The summed E-state index contributed by atoms with van der Waals surface area (Å²) in [6, 6.07) is 34.6. The second kappa shape index (κ2) is 9.47. The Hall–Kier alpha value is -4.38. The third kappa shape index (κ3) is 4.28. The fourth-order valence-electron chi connectivity index (χ4n) is 5.04. The van der Waals surface area contributed by atoms with Gasteiger partial charge in [0.05, 0.1) is 6.42 Å². The van der Waals surface area contributed by atoms with Gasteiger partial charge >= 0.3 is 12.1 Å². The van der Waals surface area contributed by atoms with Crippen LogP contribution in [0.5, 0.6) is 0 Å². The molecule has 2 N–H and O–H groups in total. The lowest BCUT2D eigenvalue weighted by Gasteiger charge is -2.34. The molecule has 0 heterocycles. The molecule has 0 bridgehead atoms. The first-order chi connectivity index (χ1) is 17.1. The molecule has 0 aliphatic heterocycles. The smallest absolute Gasteiger partial charge is 0.408 e. The quantitative estimate of drug-likeness (QED) is 0.355. The highest BCUT2D eigenvalue weighted by Crippen LogP contribution is 2.44. The van der Waals surface area contributed by atoms with Crippen LogP contribution in [0.4, 0.5) is 4.79 Å². The molecule has 0 aromatic heterocycles. The number of benzene rings is 4. The SMILES string of the molecule is O=C(O)CC(NC(=O)OCC1c2ccccc2-c2ccccc21)(c1ccccc1)c1ccccc1. The number of carboxylic acid groups (broad SMARTS) is 1. The van der Waals surface area contributed by atoms with E-state index in [4.69, 9.17) is 4.74 Å². The molecular weight excluding hydrogens is 438 g/mol. The Morgan fingerprint density at radius 1 is 0.714 bits per heavy atom. The lowest BCUT2D eigenvalue weighted by Crippen LogP contribution is -2.48. The molecule has 4 aromatic carbocycles. The number of hydrogen-bond donors (Lipinski definition) is 2. The van der Waals surface area contributed by atoms with E-state index in [1.54, 1.807) is 0 Å². The fourth-order valence-corrected chi connectivity index (χ4v) is 5.04. The number of alkyl carbamates (subject to hydrolysis) is 1. The third-order valence-corrected chi connectivity index (χ3v) is 6.61. The minimum Gasteiger partial charge on any atom is -0.481 e. The summed E-state index contributed by atoms with van der Waals surface area (Å²) < 4.78 is 5.78. The van der Waals surface area contributed by atoms with Crippen molar-refractivity contribution in [2.45, 2.75) is 17.9 Å². The average Bonchev–Trinajstić information content (AvgIpc) is 3.21. The van der Waals surface area contributed by atoms with Crippen LogP contribution in [-0.2, 0) is 15.1 Å². The molecule has 1 aliphatic rings. The first-order valence-electron chi connectivity index (χ1n) is 11.5. The molecule has 5 rings (SSSR count). The number of carbonyl (C=O) groups excluding carboxylic acids is 1. The van der Waals surface area contributed by atoms with E-state index in [2.05, 4.69) is 29.6 Å². The van der Waals surface area contributed by atoms with Crippen molar-refractivity contribution in [1.29, 1.82) is 0 Å². The van der Waals surface area contributed by atoms with Gasteiger partial charge in [-0.05, 0) is 33.4 Å². The van der Waals surface area contributed by atoms with Gasteiger partial charge < -0.3 is 15.2 Å². The van der Waals surface area contributed by atoms with Crippen molar-refractivity contribution >= 4 is 12.1 Å². The maximum atomic E-state index is 13.2. The molecule has 35 heavy (non-hydrogen) atoms. The summed E-state index contributed by atoms with van der Waals surface area (Å²) in [6.07, 6.45) is -0.994. The Kier molecular flexibility index (Phi) is 6.06. The van der Waals surface area contributed by atoms with Crippen molar-refractivity contribution in [2.24, 2.45) is 0 Å². The van der Waals surface area contributed by atoms with Crippen LogP contribution in [0.1, 0.15) is 34.6 Å². The molecule has 0 saturated carbocycles. The number of ether oxygens (including phenoxy) is 1. The van der Waals surface area contributed by atoms with Crippen molar-refractivity contribution in [3.8, 4) is 11.1 Å². The predicted octanol–water partition coefficient (Wildman–Crippen LogP) is 5.94. The molecule has 0 spiro atoms. The molecule has 5 nitrogen and oxygen atoms in total. The van der Waals surface area contributed by atoms with Gasteiger partial charge in [-0.2, -0.15) is 0 Å². The van der Waals surface area contributed by atoms with Gasteiger partial charge in [-0.15, -0.1) is 0 Å². The second-order valence-corrected chi connectivity index (χ2v) is 8.66. The van der Waals surface area contributed by atoms with Crippen LogP contribution < -0.4 is 5.32 Å². The summed E-state index contributed by atoms with van der Waals surface area (Å²) in [6.45, 7) is 0.145. The van der Waals surface area contributed by atoms with Gasteiger partial charge in [-0.1, -0.05) is 109 Å². The van der Waals surface area contributed by atoms with Crippen molar-refractivity contribution < 1.29 is 19.4 Å². The van der Waals surface area contributed by atoms with Gasteiger partial charge in [0.1, 0.15) is 12.1 Å². The first-order valence-corrected chi connectivity index (χ1v) is 11.5. The van der Waals surface area contributed by atoms with Gasteiger partial charge in [0.15, 0.2) is 0 Å². The lowest BCUT2D eigenvalue weighted by atomic mass is 9.80. The molecule has 0 fully saturated rings. The highest BCUT2D eigenvalue weighted by molar-refractivity contribution is 5.79. The molecule has 1 aliphatic carbocycles. The van der Waals surface area contributed by atoms with Gasteiger partial charge in [0, 0.05) is 5.92 Å². The van der Waals surface area contributed by atoms with Crippen LogP contribution in [0.2, 0.25) is 0 Å². The molecule has 0 radical (unpaired) electrons. The molecule has 0 unspecified atom stereocenters. The van der Waals surface area contributed by atoms with Crippen LogP contribution in [0, 0.1) is 0 Å². The van der Waals surface area contributed by atoms with Gasteiger partial charge in [-0.25, -0.2) is 4.79 Å². The number of aliphatic carboxylic acids is 1. The lowest BCUT2D eigenvalue weighted by molar-refractivity contribution is -0.138. The average molecular weight is 464 g/mol. The normalized spacial score (nSPS) is 12.5. The second-order valence-electron chi connectivity index (χ2n) is 8.66. The minimum atomic E-state index is -1.28. The van der Waals surface area contributed by atoms with E-state index < -0.39 is 17.6 Å². The minimum absolute atomic E-state index is 0.0875. The Labute approximate surface area is 204 Å². The van der Waals surface area contributed by atoms with Gasteiger partial charge in [0.2, 0.25) is 0 Å². The van der Waals surface area contributed by atoms with Gasteiger partial charge in [-0.3, -0.25) is 4.79 Å². The molecule has 0 saturated heterocycles. The number of nitrogens with one attached hydrogen (secondary N) is 1. The summed E-state index contributed by atoms with van der Waals surface area (Å²) in [5.41, 5.74) is 4.58. The van der Waals surface area contributed by atoms with Crippen LogP contribution in [-0.4, -0.2) is 23.8 Å². The van der Waals surface area contributed by atoms with E-state index in [0.29, 0.717) is 11.1 Å². The maximum Gasteiger partial charge on any atom is 0.408 e. The summed E-state index contributed by atoms with van der Waals surface area (Å²) in [5, 5.41) is 12.7. The molecular formula is C30H25NO4. The zero-order valence-corrected chi connectivity index (χ0v) is 19.1. The van der Waals surface area contributed by atoms with E-state index in [-0.39, 0.29) is 18.9 Å². The highest BCUT2D eigenvalue weighted by atomic mass is 16.5. The standard InChI is InChI=1S/C30H25NO4/c32-28(33)19-30(21-11-3-1-4-12-21,22-13-5-2-6-14-22)31-29(34)35-20-27-25-17-9-7-15-23(25)24-16-8-10-18-26(24)27/h1-18,27H,19-20H2,(H,31,34)(H,32,33). The maximum absolute atomic E-state index is 13.2. The Morgan fingerprint density at radius 3 is 1.66 bits per heavy atom. The van der Waals surface area contributed by atoms with E-state index in [9.17, 15) is 14.7 Å². The van der Waals surface area contributed by atoms with Gasteiger partial charge in [0.25, 0.3) is 0 Å². The van der Waals surface area contributed by atoms with Crippen LogP contribution in [0.3, 0.4) is 0 Å². The van der Waals surface area contributed by atoms with Crippen LogP contribution >= 0.6 is 0 Å². The predicted molar refractivity (Wildman–Crippen MR) is 134 cm³/mol. The van der Waals surface area contributed by atoms with E-state index >= 15 is 0 Å². The number of carbonyl (C=O) groups is 2. The monoisotopic (exact) mass is 463 g/mol. The zero-order chi connectivity index (χ0) is 24.3. The summed E-state index contributed by atoms with van der Waals surface area (Å²) in [7, 11) is 0. The molecule has 0 atom stereocenters. The highest BCUT2D eigenvalue weighted by Gasteiger charge is 2.39. The first kappa shape index (κ1) is 22.4. The summed E-state index contributed by atoms with van der Waals surface area (Å²) >= 11 is 0. The Balaban J connectivity index is 1.44. The Morgan fingerprint density at radius 2 is 1.17 bits per heavy atom. The van der Waals surface area contributed by atoms with E-state index in [0.717, 1.165) is 22.3 Å². The largest absolute Gasteiger partial charge is 0.481 e. The van der Waals surface area contributed by atoms with E-state index in [1.807, 2.05) is 84.9 Å².